The highest BCUT2D eigenvalue weighted by molar-refractivity contribution is 5.93. The number of aliphatic hydroxyl groups excluding tert-OH is 2. The summed E-state index contributed by atoms with van der Waals surface area (Å²) in [5, 5.41) is 24.7. The fraction of sp³-hybridized carbons (Fsp3) is 0.429. The zero-order valence-corrected chi connectivity index (χ0v) is 16.2. The Morgan fingerprint density at radius 2 is 2.25 bits per heavy atom. The van der Waals surface area contributed by atoms with Crippen LogP contribution in [0.2, 0.25) is 0 Å². The van der Waals surface area contributed by atoms with E-state index >= 15 is 0 Å². The number of aliphatic hydroxyl groups is 2. The van der Waals surface area contributed by atoms with Gasteiger partial charge in [-0.3, -0.25) is 4.79 Å². The molecule has 148 valence electrons. The lowest BCUT2D eigenvalue weighted by atomic mass is 9.92. The van der Waals surface area contributed by atoms with Crippen molar-refractivity contribution >= 4 is 5.91 Å². The molecule has 0 aliphatic heterocycles. The number of carbonyl (C=O) groups excluding carboxylic acids is 1. The summed E-state index contributed by atoms with van der Waals surface area (Å²) < 4.78 is 1.67. The molecular weight excluding hydrogens is 356 g/mol. The number of benzene rings is 1. The molecule has 0 saturated carbocycles. The van der Waals surface area contributed by atoms with Gasteiger partial charge in [0, 0.05) is 17.7 Å². The van der Waals surface area contributed by atoms with Crippen molar-refractivity contribution in [2.45, 2.75) is 37.9 Å². The molecule has 0 radical (unpaired) electrons. The number of nitrogens with two attached hydrogens (primary N) is 1. The normalized spacial score (nSPS) is 17.0. The van der Waals surface area contributed by atoms with Gasteiger partial charge in [-0.05, 0) is 58.0 Å². The van der Waals surface area contributed by atoms with Gasteiger partial charge >= 0.3 is 0 Å². The van der Waals surface area contributed by atoms with Gasteiger partial charge in [-0.15, -0.1) is 0 Å². The van der Waals surface area contributed by atoms with Gasteiger partial charge in [-0.1, -0.05) is 17.9 Å². The van der Waals surface area contributed by atoms with E-state index in [4.69, 9.17) is 5.73 Å². The molecule has 1 aromatic heterocycles. The summed E-state index contributed by atoms with van der Waals surface area (Å²) in [5.74, 6) is 5.21. The molecule has 1 aromatic carbocycles. The van der Waals surface area contributed by atoms with Crippen molar-refractivity contribution in [3.63, 3.8) is 0 Å². The quantitative estimate of drug-likeness (QED) is 0.670. The maximum absolute atomic E-state index is 11.8. The van der Waals surface area contributed by atoms with Crippen LogP contribution in [0.1, 0.15) is 52.7 Å². The Labute approximate surface area is 164 Å². The standard InChI is InChI=1S/C21H26N4O3/c1-24(2)12-11-16(26)10-9-14-5-3-6-15(13-14)25-17-7-4-8-18(27)19(17)20(23-25)21(22)28/h3,5-6,13,16,18,26-27H,4,7-8,11-12H2,1-2H3,(H2,22,28)/t16-,18+/m0/s1. The fourth-order valence-electron chi connectivity index (χ4n) is 3.39. The molecular formula is C21H26N4O3. The first-order valence-electron chi connectivity index (χ1n) is 9.41. The first kappa shape index (κ1) is 20.1. The molecule has 0 bridgehead atoms. The molecule has 7 heteroatoms. The van der Waals surface area contributed by atoms with Gasteiger partial charge in [-0.25, -0.2) is 4.68 Å². The molecule has 2 atom stereocenters. The van der Waals surface area contributed by atoms with Crippen molar-refractivity contribution in [3.05, 3.63) is 46.8 Å². The molecule has 3 rings (SSSR count). The van der Waals surface area contributed by atoms with Gasteiger partial charge in [0.2, 0.25) is 0 Å². The Kier molecular flexibility index (Phi) is 6.15. The molecule has 7 nitrogen and oxygen atoms in total. The molecule has 1 amide bonds. The van der Waals surface area contributed by atoms with Crippen LogP contribution in [0.4, 0.5) is 0 Å². The van der Waals surface area contributed by atoms with Gasteiger partial charge in [0.15, 0.2) is 5.69 Å². The Balaban J connectivity index is 1.91. The van der Waals surface area contributed by atoms with Gasteiger partial charge in [0.05, 0.1) is 17.5 Å². The maximum atomic E-state index is 11.8. The minimum Gasteiger partial charge on any atom is -0.388 e. The second-order valence-electron chi connectivity index (χ2n) is 7.32. The number of fused-ring (bicyclic) bond motifs is 1. The van der Waals surface area contributed by atoms with Crippen molar-refractivity contribution in [2.75, 3.05) is 20.6 Å². The fourth-order valence-corrected chi connectivity index (χ4v) is 3.39. The van der Waals surface area contributed by atoms with Crippen LogP contribution in [0.25, 0.3) is 5.69 Å². The van der Waals surface area contributed by atoms with Gasteiger partial charge in [-0.2, -0.15) is 5.10 Å². The predicted molar refractivity (Wildman–Crippen MR) is 106 cm³/mol. The topological polar surface area (TPSA) is 105 Å². The van der Waals surface area contributed by atoms with Crippen LogP contribution in [0.3, 0.4) is 0 Å². The highest BCUT2D eigenvalue weighted by atomic mass is 16.3. The molecule has 4 N–H and O–H groups in total. The summed E-state index contributed by atoms with van der Waals surface area (Å²) in [6.45, 7) is 0.757. The largest absolute Gasteiger partial charge is 0.388 e. The minimum absolute atomic E-state index is 0.123. The molecule has 1 aliphatic rings. The lowest BCUT2D eigenvalue weighted by molar-refractivity contribution is 0.0984. The SMILES string of the molecule is CN(C)CC[C@@H](O)C#Cc1cccc(-n2nc(C(N)=O)c3c2CCC[C@H]3O)c1. The van der Waals surface area contributed by atoms with E-state index in [2.05, 4.69) is 16.9 Å². The predicted octanol–water partition coefficient (Wildman–Crippen LogP) is 1.00. The van der Waals surface area contributed by atoms with Crippen LogP contribution in [-0.2, 0) is 6.42 Å². The summed E-state index contributed by atoms with van der Waals surface area (Å²) >= 11 is 0. The molecule has 0 saturated heterocycles. The number of amides is 1. The zero-order chi connectivity index (χ0) is 20.3. The average molecular weight is 382 g/mol. The van der Waals surface area contributed by atoms with Crippen LogP contribution in [0, 0.1) is 11.8 Å². The molecule has 0 fully saturated rings. The second-order valence-corrected chi connectivity index (χ2v) is 7.32. The average Bonchev–Trinajstić information content (AvgIpc) is 3.06. The van der Waals surface area contributed by atoms with E-state index in [1.54, 1.807) is 4.68 Å². The number of hydrogen-bond acceptors (Lipinski definition) is 5. The first-order valence-corrected chi connectivity index (χ1v) is 9.41. The van der Waals surface area contributed by atoms with Crippen molar-refractivity contribution in [1.29, 1.82) is 0 Å². The van der Waals surface area contributed by atoms with Crippen molar-refractivity contribution in [1.82, 2.24) is 14.7 Å². The Morgan fingerprint density at radius 3 is 2.96 bits per heavy atom. The lowest BCUT2D eigenvalue weighted by Gasteiger charge is -2.19. The lowest BCUT2D eigenvalue weighted by Crippen LogP contribution is -2.18. The summed E-state index contributed by atoms with van der Waals surface area (Å²) in [4.78, 5) is 13.8. The van der Waals surface area contributed by atoms with Crippen molar-refractivity contribution in [2.24, 2.45) is 5.73 Å². The Bertz CT molecular complexity index is 923. The van der Waals surface area contributed by atoms with Crippen LogP contribution < -0.4 is 5.73 Å². The Morgan fingerprint density at radius 1 is 1.46 bits per heavy atom. The molecule has 1 heterocycles. The van der Waals surface area contributed by atoms with Gasteiger partial charge in [0.25, 0.3) is 5.91 Å². The summed E-state index contributed by atoms with van der Waals surface area (Å²) in [7, 11) is 3.90. The van der Waals surface area contributed by atoms with Crippen LogP contribution in [0.15, 0.2) is 24.3 Å². The zero-order valence-electron chi connectivity index (χ0n) is 16.2. The van der Waals surface area contributed by atoms with E-state index in [0.29, 0.717) is 24.8 Å². The summed E-state index contributed by atoms with van der Waals surface area (Å²) in [6.07, 6.45) is 1.28. The summed E-state index contributed by atoms with van der Waals surface area (Å²) in [6, 6.07) is 7.43. The molecule has 2 aromatic rings. The van der Waals surface area contributed by atoms with Crippen LogP contribution in [0.5, 0.6) is 0 Å². The van der Waals surface area contributed by atoms with E-state index in [-0.39, 0.29) is 5.69 Å². The number of rotatable bonds is 5. The van der Waals surface area contributed by atoms with Crippen LogP contribution >= 0.6 is 0 Å². The van der Waals surface area contributed by atoms with Gasteiger partial charge < -0.3 is 20.8 Å². The molecule has 0 spiro atoms. The van der Waals surface area contributed by atoms with E-state index in [1.165, 1.54) is 0 Å². The highest BCUT2D eigenvalue weighted by Gasteiger charge is 2.30. The number of aromatic nitrogens is 2. The summed E-state index contributed by atoms with van der Waals surface area (Å²) in [5.41, 5.74) is 8.42. The van der Waals surface area contributed by atoms with Crippen LogP contribution in [-0.4, -0.2) is 57.5 Å². The third kappa shape index (κ3) is 4.42. The molecule has 1 aliphatic carbocycles. The monoisotopic (exact) mass is 382 g/mol. The highest BCUT2D eigenvalue weighted by Crippen LogP contribution is 2.33. The minimum atomic E-state index is -0.727. The maximum Gasteiger partial charge on any atom is 0.269 e. The number of carbonyl (C=O) groups is 1. The van der Waals surface area contributed by atoms with Crippen molar-refractivity contribution < 1.29 is 15.0 Å². The van der Waals surface area contributed by atoms with E-state index < -0.39 is 18.1 Å². The first-order chi connectivity index (χ1) is 13.4. The third-order valence-corrected chi connectivity index (χ3v) is 4.80. The van der Waals surface area contributed by atoms with Gasteiger partial charge in [0.1, 0.15) is 6.10 Å². The van der Waals surface area contributed by atoms with E-state index in [0.717, 1.165) is 29.9 Å². The smallest absolute Gasteiger partial charge is 0.269 e. The molecule has 28 heavy (non-hydrogen) atoms. The number of hydrogen-bond donors (Lipinski definition) is 3. The third-order valence-electron chi connectivity index (χ3n) is 4.80. The Hall–Kier alpha value is -2.66. The van der Waals surface area contributed by atoms with E-state index in [1.807, 2.05) is 43.3 Å². The number of nitrogens with zero attached hydrogens (tertiary/aromatic N) is 3. The molecule has 0 unspecified atom stereocenters. The number of primary amides is 1. The van der Waals surface area contributed by atoms with E-state index in [9.17, 15) is 15.0 Å². The van der Waals surface area contributed by atoms with Crippen molar-refractivity contribution in [3.8, 4) is 17.5 Å². The second kappa shape index (κ2) is 8.57.